The van der Waals surface area contributed by atoms with Crippen molar-refractivity contribution in [2.24, 2.45) is 5.41 Å². The fourth-order valence-electron chi connectivity index (χ4n) is 4.63. The monoisotopic (exact) mass is 276 g/mol. The van der Waals surface area contributed by atoms with Gasteiger partial charge in [-0.15, -0.1) is 0 Å². The maximum absolute atomic E-state index is 4.10. The second-order valence-corrected chi connectivity index (χ2v) is 6.76. The lowest BCUT2D eigenvalue weighted by atomic mass is 9.82. The van der Waals surface area contributed by atoms with Crippen molar-refractivity contribution in [3.05, 3.63) is 60.5 Å². The molecule has 0 amide bonds. The van der Waals surface area contributed by atoms with Gasteiger partial charge in [0, 0.05) is 24.5 Å². The van der Waals surface area contributed by atoms with Crippen molar-refractivity contribution in [2.75, 3.05) is 0 Å². The number of aromatic nitrogens is 1. The van der Waals surface area contributed by atoms with Gasteiger partial charge in [-0.05, 0) is 30.9 Å². The molecule has 2 aromatic rings. The average molecular weight is 276 g/mol. The van der Waals surface area contributed by atoms with Crippen LogP contribution in [0.5, 0.6) is 0 Å². The Bertz CT molecular complexity index is 814. The fourth-order valence-corrected chi connectivity index (χ4v) is 4.63. The Morgan fingerprint density at radius 1 is 1.29 bits per heavy atom. The zero-order chi connectivity index (χ0) is 14.8. The molecule has 2 aliphatic rings. The maximum Gasteiger partial charge on any atom is 0.220 e. The molecule has 2 heterocycles. The van der Waals surface area contributed by atoms with Crippen LogP contribution in [0, 0.1) is 5.41 Å². The Morgan fingerprint density at radius 2 is 2.05 bits per heavy atom. The molecule has 1 saturated carbocycles. The van der Waals surface area contributed by atoms with Crippen molar-refractivity contribution in [1.82, 2.24) is 0 Å². The summed E-state index contributed by atoms with van der Waals surface area (Å²) < 4.78 is 2.54. The van der Waals surface area contributed by atoms with Crippen LogP contribution in [0.1, 0.15) is 39.3 Å². The molecule has 1 fully saturated rings. The number of nitrogens with zero attached hydrogens (tertiary/aromatic N) is 1. The summed E-state index contributed by atoms with van der Waals surface area (Å²) in [7, 11) is 0. The topological polar surface area (TPSA) is 3.88 Å². The first-order valence-corrected chi connectivity index (χ1v) is 7.87. The van der Waals surface area contributed by atoms with Gasteiger partial charge in [0.2, 0.25) is 5.69 Å². The molecule has 2 unspecified atom stereocenters. The molecule has 106 valence electrons. The number of benzene rings is 1. The molecule has 4 rings (SSSR count). The molecule has 1 aliphatic heterocycles. The van der Waals surface area contributed by atoms with Crippen molar-refractivity contribution in [1.29, 1.82) is 0 Å². The number of allylic oxidation sites excluding steroid dienone is 3. The van der Waals surface area contributed by atoms with E-state index in [-0.39, 0.29) is 5.54 Å². The van der Waals surface area contributed by atoms with Gasteiger partial charge < -0.3 is 0 Å². The van der Waals surface area contributed by atoms with Crippen LogP contribution in [0.3, 0.4) is 0 Å². The standard InChI is InChI=1S/C20H22N/c1-5-16-14(3)19(4)13-20(19,6-2)21-12-11-15-9-7-8-10-17(15)18(16)21/h5,7-12H,1,6,13H2,2-4H3/q+1. The Labute approximate surface area is 126 Å². The van der Waals surface area contributed by atoms with E-state index in [4.69, 9.17) is 0 Å². The molecule has 21 heavy (non-hydrogen) atoms. The summed E-state index contributed by atoms with van der Waals surface area (Å²) in [5.41, 5.74) is 4.76. The molecule has 0 N–H and O–H groups in total. The first-order valence-electron chi connectivity index (χ1n) is 7.87. The molecule has 2 atom stereocenters. The molecule has 1 aromatic carbocycles. The molecular formula is C20H22N+. The minimum absolute atomic E-state index is 0.267. The van der Waals surface area contributed by atoms with Gasteiger partial charge in [-0.3, -0.25) is 0 Å². The highest BCUT2D eigenvalue weighted by molar-refractivity contribution is 5.94. The van der Waals surface area contributed by atoms with Crippen LogP contribution in [0.25, 0.3) is 16.3 Å². The van der Waals surface area contributed by atoms with Gasteiger partial charge in [-0.25, -0.2) is 0 Å². The van der Waals surface area contributed by atoms with Gasteiger partial charge in [0.15, 0.2) is 11.7 Å². The van der Waals surface area contributed by atoms with E-state index >= 15 is 0 Å². The molecule has 1 nitrogen and oxygen atoms in total. The highest BCUT2D eigenvalue weighted by Crippen LogP contribution is 2.67. The third-order valence-electron chi connectivity index (χ3n) is 6.15. The smallest absolute Gasteiger partial charge is 0.191 e. The molecule has 0 radical (unpaired) electrons. The Hall–Kier alpha value is -1.89. The molecular weight excluding hydrogens is 254 g/mol. The number of rotatable bonds is 2. The predicted octanol–water partition coefficient (Wildman–Crippen LogP) is 4.62. The quantitative estimate of drug-likeness (QED) is 0.705. The Balaban J connectivity index is 2.17. The predicted molar refractivity (Wildman–Crippen MR) is 87.9 cm³/mol. The minimum Gasteiger partial charge on any atom is -0.191 e. The Kier molecular flexibility index (Phi) is 2.35. The number of hydrogen-bond donors (Lipinski definition) is 0. The van der Waals surface area contributed by atoms with Gasteiger partial charge >= 0.3 is 0 Å². The van der Waals surface area contributed by atoms with E-state index < -0.39 is 0 Å². The lowest BCUT2D eigenvalue weighted by Crippen LogP contribution is -2.54. The van der Waals surface area contributed by atoms with Crippen molar-refractivity contribution in [3.63, 3.8) is 0 Å². The summed E-state index contributed by atoms with van der Waals surface area (Å²) in [5.74, 6) is 0. The van der Waals surface area contributed by atoms with Gasteiger partial charge in [0.05, 0.1) is 10.8 Å². The van der Waals surface area contributed by atoms with Crippen LogP contribution in [-0.2, 0) is 5.54 Å². The zero-order valence-electron chi connectivity index (χ0n) is 13.1. The molecule has 1 heteroatoms. The summed E-state index contributed by atoms with van der Waals surface area (Å²) in [6.45, 7) is 11.1. The lowest BCUT2D eigenvalue weighted by molar-refractivity contribution is -0.747. The first-order chi connectivity index (χ1) is 10.1. The second-order valence-electron chi connectivity index (χ2n) is 6.76. The minimum atomic E-state index is 0.267. The van der Waals surface area contributed by atoms with E-state index in [1.54, 1.807) is 0 Å². The lowest BCUT2D eigenvalue weighted by Gasteiger charge is -2.27. The summed E-state index contributed by atoms with van der Waals surface area (Å²) in [5, 5.41) is 2.66. The molecule has 0 spiro atoms. The van der Waals surface area contributed by atoms with Gasteiger partial charge in [-0.1, -0.05) is 37.8 Å². The summed E-state index contributed by atoms with van der Waals surface area (Å²) in [4.78, 5) is 0. The normalized spacial score (nSPS) is 30.0. The van der Waals surface area contributed by atoms with Gasteiger partial charge in [0.1, 0.15) is 0 Å². The van der Waals surface area contributed by atoms with Crippen LogP contribution >= 0.6 is 0 Å². The molecule has 0 bridgehead atoms. The zero-order valence-corrected chi connectivity index (χ0v) is 13.1. The highest BCUT2D eigenvalue weighted by Gasteiger charge is 2.74. The molecule has 1 aliphatic carbocycles. The van der Waals surface area contributed by atoms with Gasteiger partial charge in [-0.2, -0.15) is 4.57 Å². The third-order valence-corrected chi connectivity index (χ3v) is 6.15. The van der Waals surface area contributed by atoms with Gasteiger partial charge in [0.25, 0.3) is 0 Å². The summed E-state index contributed by atoms with van der Waals surface area (Å²) >= 11 is 0. The van der Waals surface area contributed by atoms with E-state index in [0.29, 0.717) is 5.41 Å². The van der Waals surface area contributed by atoms with Crippen LogP contribution in [0.15, 0.2) is 54.8 Å². The Morgan fingerprint density at radius 3 is 2.76 bits per heavy atom. The van der Waals surface area contributed by atoms with E-state index in [1.165, 1.54) is 40.5 Å². The average Bonchev–Trinajstić information content (AvgIpc) is 3.16. The number of fused-ring (bicyclic) bond motifs is 5. The third kappa shape index (κ3) is 1.30. The fraction of sp³-hybridized carbons (Fsp3) is 0.350. The first kappa shape index (κ1) is 12.8. The highest BCUT2D eigenvalue weighted by atomic mass is 15.1. The van der Waals surface area contributed by atoms with Crippen molar-refractivity contribution in [2.45, 2.75) is 39.2 Å². The van der Waals surface area contributed by atoms with Crippen LogP contribution < -0.4 is 4.57 Å². The van der Waals surface area contributed by atoms with E-state index in [9.17, 15) is 0 Å². The maximum atomic E-state index is 4.10. The second kappa shape index (κ2) is 3.85. The van der Waals surface area contributed by atoms with Crippen molar-refractivity contribution < 1.29 is 4.57 Å². The number of pyridine rings is 1. The van der Waals surface area contributed by atoms with Crippen LogP contribution in [-0.4, -0.2) is 0 Å². The summed E-state index contributed by atoms with van der Waals surface area (Å²) in [6, 6.07) is 11.0. The van der Waals surface area contributed by atoms with Crippen molar-refractivity contribution in [3.8, 4) is 0 Å². The van der Waals surface area contributed by atoms with Crippen LogP contribution in [0.4, 0.5) is 0 Å². The molecule has 0 saturated heterocycles. The number of hydrogen-bond acceptors (Lipinski definition) is 0. The van der Waals surface area contributed by atoms with E-state index in [1.807, 2.05) is 0 Å². The van der Waals surface area contributed by atoms with E-state index in [2.05, 4.69) is 74.5 Å². The van der Waals surface area contributed by atoms with Crippen molar-refractivity contribution >= 4 is 16.3 Å². The largest absolute Gasteiger partial charge is 0.220 e. The summed E-state index contributed by atoms with van der Waals surface area (Å²) in [6.07, 6.45) is 6.77. The SMILES string of the molecule is C=CC1=C(C)C2(C)CC2(CC)[n+]2ccc3ccccc3c21. The molecule has 1 aromatic heterocycles. The van der Waals surface area contributed by atoms with Crippen LogP contribution in [0.2, 0.25) is 0 Å². The van der Waals surface area contributed by atoms with E-state index in [0.717, 1.165) is 0 Å².